The van der Waals surface area contributed by atoms with Crippen molar-refractivity contribution in [3.8, 4) is 5.75 Å². The van der Waals surface area contributed by atoms with Gasteiger partial charge < -0.3 is 20.1 Å². The molecule has 0 aliphatic carbocycles. The lowest BCUT2D eigenvalue weighted by Gasteiger charge is -2.18. The molecule has 0 aliphatic heterocycles. The van der Waals surface area contributed by atoms with E-state index < -0.39 is 0 Å². The molecule has 6 heteroatoms. The number of para-hydroxylation sites is 1. The summed E-state index contributed by atoms with van der Waals surface area (Å²) in [6, 6.07) is 14.6. The molecule has 2 rings (SSSR count). The molecule has 1 atom stereocenters. The number of benzene rings is 2. The van der Waals surface area contributed by atoms with Crippen molar-refractivity contribution in [2.75, 3.05) is 20.2 Å². The minimum absolute atomic E-state index is 0.212. The van der Waals surface area contributed by atoms with Crippen molar-refractivity contribution >= 4 is 5.96 Å². The van der Waals surface area contributed by atoms with E-state index >= 15 is 0 Å². The van der Waals surface area contributed by atoms with Crippen LogP contribution in [0.1, 0.15) is 25.0 Å². The number of methoxy groups -OCH3 is 1. The lowest BCUT2D eigenvalue weighted by molar-refractivity contribution is 0.185. The van der Waals surface area contributed by atoms with Crippen LogP contribution in [-0.2, 0) is 17.9 Å². The first-order valence-corrected chi connectivity index (χ1v) is 9.12. The summed E-state index contributed by atoms with van der Waals surface area (Å²) >= 11 is 0. The number of nitrogens with zero attached hydrogens (tertiary/aromatic N) is 1. The maximum absolute atomic E-state index is 13.7. The van der Waals surface area contributed by atoms with Gasteiger partial charge in [-0.3, -0.25) is 0 Å². The average Bonchev–Trinajstić information content (AvgIpc) is 2.66. The number of nitrogens with one attached hydrogen (secondary N) is 2. The van der Waals surface area contributed by atoms with E-state index in [-0.39, 0.29) is 17.7 Å². The Bertz CT molecular complexity index is 737. The molecule has 0 heterocycles. The lowest BCUT2D eigenvalue weighted by atomic mass is 10.1. The van der Waals surface area contributed by atoms with E-state index in [2.05, 4.69) is 21.7 Å². The molecule has 0 fully saturated rings. The Balaban J connectivity index is 1.91. The summed E-state index contributed by atoms with van der Waals surface area (Å²) in [7, 11) is 1.68. The summed E-state index contributed by atoms with van der Waals surface area (Å²) in [4.78, 5) is 4.61. The highest BCUT2D eigenvalue weighted by Gasteiger charge is 2.09. The molecule has 0 bridgehead atoms. The first kappa shape index (κ1) is 20.7. The molecule has 27 heavy (non-hydrogen) atoms. The molecule has 5 nitrogen and oxygen atoms in total. The quantitative estimate of drug-likeness (QED) is 0.522. The van der Waals surface area contributed by atoms with Crippen LogP contribution in [0.2, 0.25) is 0 Å². The molecule has 2 N–H and O–H groups in total. The Labute approximate surface area is 160 Å². The SMILES string of the molecule is CCNC(=NCc1cccc(COC)c1)NCC(C)Oc1ccccc1F. The first-order chi connectivity index (χ1) is 13.1. The molecule has 0 saturated carbocycles. The maximum Gasteiger partial charge on any atom is 0.191 e. The monoisotopic (exact) mass is 373 g/mol. The smallest absolute Gasteiger partial charge is 0.191 e. The van der Waals surface area contributed by atoms with E-state index in [0.717, 1.165) is 17.7 Å². The third kappa shape index (κ3) is 7.27. The van der Waals surface area contributed by atoms with Gasteiger partial charge in [0.2, 0.25) is 0 Å². The molecule has 0 saturated heterocycles. The van der Waals surface area contributed by atoms with Crippen molar-refractivity contribution < 1.29 is 13.9 Å². The van der Waals surface area contributed by atoms with Crippen LogP contribution in [0.25, 0.3) is 0 Å². The van der Waals surface area contributed by atoms with Gasteiger partial charge in [-0.05, 0) is 37.1 Å². The Kier molecular flexibility index (Phi) is 8.58. The van der Waals surface area contributed by atoms with E-state index in [9.17, 15) is 4.39 Å². The van der Waals surface area contributed by atoms with Crippen LogP contribution in [0.3, 0.4) is 0 Å². The molecule has 146 valence electrons. The molecule has 0 aliphatic rings. The fraction of sp³-hybridized carbons (Fsp3) is 0.381. The van der Waals surface area contributed by atoms with Gasteiger partial charge >= 0.3 is 0 Å². The van der Waals surface area contributed by atoms with Gasteiger partial charge in [-0.15, -0.1) is 0 Å². The number of ether oxygens (including phenoxy) is 2. The third-order valence-corrected chi connectivity index (χ3v) is 3.79. The van der Waals surface area contributed by atoms with Gasteiger partial charge in [-0.25, -0.2) is 9.38 Å². The highest BCUT2D eigenvalue weighted by Crippen LogP contribution is 2.16. The van der Waals surface area contributed by atoms with Crippen LogP contribution in [-0.4, -0.2) is 32.3 Å². The minimum Gasteiger partial charge on any atom is -0.486 e. The van der Waals surface area contributed by atoms with Crippen LogP contribution < -0.4 is 15.4 Å². The first-order valence-electron chi connectivity index (χ1n) is 9.12. The summed E-state index contributed by atoms with van der Waals surface area (Å²) in [6.45, 7) is 6.28. The normalized spacial score (nSPS) is 12.5. The van der Waals surface area contributed by atoms with Gasteiger partial charge in [-0.2, -0.15) is 0 Å². The minimum atomic E-state index is -0.360. The second-order valence-electron chi connectivity index (χ2n) is 6.19. The van der Waals surface area contributed by atoms with Crippen molar-refractivity contribution in [1.82, 2.24) is 10.6 Å². The third-order valence-electron chi connectivity index (χ3n) is 3.79. The Hall–Kier alpha value is -2.60. The molecular formula is C21H28FN3O2. The summed E-state index contributed by atoms with van der Waals surface area (Å²) in [5, 5.41) is 6.44. The molecule has 0 radical (unpaired) electrons. The molecule has 1 unspecified atom stereocenters. The molecule has 0 spiro atoms. The second kappa shape index (κ2) is 11.2. The topological polar surface area (TPSA) is 54.9 Å². The van der Waals surface area contributed by atoms with Gasteiger partial charge in [0, 0.05) is 13.7 Å². The van der Waals surface area contributed by atoms with E-state index in [0.29, 0.717) is 25.7 Å². The summed E-state index contributed by atoms with van der Waals surface area (Å²) in [5.41, 5.74) is 2.23. The van der Waals surface area contributed by atoms with Crippen molar-refractivity contribution in [3.63, 3.8) is 0 Å². The van der Waals surface area contributed by atoms with Crippen molar-refractivity contribution in [2.24, 2.45) is 4.99 Å². The van der Waals surface area contributed by atoms with Crippen LogP contribution in [0, 0.1) is 5.82 Å². The summed E-state index contributed by atoms with van der Waals surface area (Å²) < 4.78 is 24.5. The van der Waals surface area contributed by atoms with E-state index in [1.807, 2.05) is 32.0 Å². The Morgan fingerprint density at radius 1 is 1.11 bits per heavy atom. The van der Waals surface area contributed by atoms with E-state index in [1.54, 1.807) is 25.3 Å². The number of aliphatic imine (C=N–C) groups is 1. The Morgan fingerprint density at radius 2 is 1.89 bits per heavy atom. The van der Waals surface area contributed by atoms with Gasteiger partial charge in [0.25, 0.3) is 0 Å². The van der Waals surface area contributed by atoms with Crippen LogP contribution in [0.4, 0.5) is 4.39 Å². The van der Waals surface area contributed by atoms with Gasteiger partial charge in [0.05, 0.1) is 19.7 Å². The maximum atomic E-state index is 13.7. The summed E-state index contributed by atoms with van der Waals surface area (Å²) in [6.07, 6.45) is -0.212. The molecule has 2 aromatic carbocycles. The van der Waals surface area contributed by atoms with Crippen LogP contribution >= 0.6 is 0 Å². The van der Waals surface area contributed by atoms with E-state index in [1.165, 1.54) is 6.07 Å². The van der Waals surface area contributed by atoms with Crippen molar-refractivity contribution in [2.45, 2.75) is 33.1 Å². The predicted octanol–water partition coefficient (Wildman–Crippen LogP) is 3.49. The molecular weight excluding hydrogens is 345 g/mol. The number of guanidine groups is 1. The average molecular weight is 373 g/mol. The zero-order chi connectivity index (χ0) is 19.5. The van der Waals surface area contributed by atoms with Gasteiger partial charge in [0.15, 0.2) is 17.5 Å². The fourth-order valence-electron chi connectivity index (χ4n) is 2.54. The van der Waals surface area contributed by atoms with Crippen molar-refractivity contribution in [3.05, 3.63) is 65.5 Å². The van der Waals surface area contributed by atoms with Crippen LogP contribution in [0.5, 0.6) is 5.75 Å². The Morgan fingerprint density at radius 3 is 2.63 bits per heavy atom. The van der Waals surface area contributed by atoms with Gasteiger partial charge in [0.1, 0.15) is 6.10 Å². The molecule has 0 amide bonds. The summed E-state index contributed by atoms with van der Waals surface area (Å²) in [5.74, 6) is 0.586. The highest BCUT2D eigenvalue weighted by atomic mass is 19.1. The zero-order valence-corrected chi connectivity index (χ0v) is 16.2. The lowest BCUT2D eigenvalue weighted by Crippen LogP contribution is -2.41. The second-order valence-corrected chi connectivity index (χ2v) is 6.19. The number of rotatable bonds is 9. The zero-order valence-electron chi connectivity index (χ0n) is 16.2. The van der Waals surface area contributed by atoms with Crippen LogP contribution in [0.15, 0.2) is 53.5 Å². The molecule has 0 aromatic heterocycles. The van der Waals surface area contributed by atoms with Crippen molar-refractivity contribution in [1.29, 1.82) is 0 Å². The number of halogens is 1. The predicted molar refractivity (Wildman–Crippen MR) is 106 cm³/mol. The van der Waals surface area contributed by atoms with Gasteiger partial charge in [-0.1, -0.05) is 36.4 Å². The van der Waals surface area contributed by atoms with E-state index in [4.69, 9.17) is 9.47 Å². The largest absolute Gasteiger partial charge is 0.486 e. The standard InChI is InChI=1S/C21H28FN3O2/c1-4-23-21(25-14-17-8-7-9-18(12-17)15-26-3)24-13-16(2)27-20-11-6-5-10-19(20)22/h5-12,16H,4,13-15H2,1-3H3,(H2,23,24,25). The number of hydrogen-bond acceptors (Lipinski definition) is 3. The highest BCUT2D eigenvalue weighted by molar-refractivity contribution is 5.79. The molecule has 2 aromatic rings. The number of hydrogen-bond donors (Lipinski definition) is 2. The fourth-order valence-corrected chi connectivity index (χ4v) is 2.54.